The van der Waals surface area contributed by atoms with Crippen molar-refractivity contribution in [2.45, 2.75) is 6.42 Å². The van der Waals surface area contributed by atoms with E-state index in [4.69, 9.17) is 4.74 Å². The molecule has 88 valence electrons. The van der Waals surface area contributed by atoms with Gasteiger partial charge >= 0.3 is 5.97 Å². The summed E-state index contributed by atoms with van der Waals surface area (Å²) >= 11 is 3.37. The van der Waals surface area contributed by atoms with Gasteiger partial charge in [-0.1, -0.05) is 0 Å². The second kappa shape index (κ2) is 6.37. The van der Waals surface area contributed by atoms with Crippen LogP contribution in [-0.4, -0.2) is 26.7 Å². The van der Waals surface area contributed by atoms with Crippen LogP contribution in [-0.2, 0) is 9.53 Å². The summed E-state index contributed by atoms with van der Waals surface area (Å²) < 4.78 is 10.6. The summed E-state index contributed by atoms with van der Waals surface area (Å²) in [5, 5.41) is 3.11. The number of halogens is 1. The van der Waals surface area contributed by atoms with Crippen LogP contribution in [0.3, 0.4) is 0 Å². The first-order valence-corrected chi connectivity index (χ1v) is 5.61. The Labute approximate surface area is 103 Å². The Hall–Kier alpha value is -1.23. The summed E-state index contributed by atoms with van der Waals surface area (Å²) in [5.74, 6) is 0.527. The minimum atomic E-state index is -0.225. The van der Waals surface area contributed by atoms with E-state index in [0.717, 1.165) is 15.9 Å². The van der Waals surface area contributed by atoms with Crippen molar-refractivity contribution in [1.82, 2.24) is 0 Å². The molecule has 0 bridgehead atoms. The summed E-state index contributed by atoms with van der Waals surface area (Å²) in [4.78, 5) is 10.9. The van der Waals surface area contributed by atoms with E-state index < -0.39 is 0 Å². The van der Waals surface area contributed by atoms with Gasteiger partial charge in [-0.25, -0.2) is 0 Å². The van der Waals surface area contributed by atoms with Crippen molar-refractivity contribution in [2.24, 2.45) is 0 Å². The molecule has 0 aliphatic carbocycles. The average Bonchev–Trinajstić information content (AvgIpc) is 2.31. The number of hydrogen-bond acceptors (Lipinski definition) is 4. The van der Waals surface area contributed by atoms with Crippen molar-refractivity contribution >= 4 is 27.6 Å². The van der Waals surface area contributed by atoms with Crippen molar-refractivity contribution in [3.05, 3.63) is 22.7 Å². The molecule has 0 heterocycles. The Balaban J connectivity index is 2.51. The Morgan fingerprint density at radius 3 is 2.81 bits per heavy atom. The monoisotopic (exact) mass is 287 g/mol. The summed E-state index contributed by atoms with van der Waals surface area (Å²) in [5.41, 5.74) is 0.906. The van der Waals surface area contributed by atoms with Crippen LogP contribution < -0.4 is 10.1 Å². The SMILES string of the molecule is COC(=O)CCNc1ccc(Br)c(OC)c1. The van der Waals surface area contributed by atoms with Gasteiger partial charge in [0.25, 0.3) is 0 Å². The highest BCUT2D eigenvalue weighted by molar-refractivity contribution is 9.10. The molecule has 0 spiro atoms. The fourth-order valence-electron chi connectivity index (χ4n) is 1.18. The van der Waals surface area contributed by atoms with E-state index in [1.165, 1.54) is 7.11 Å². The molecule has 0 amide bonds. The van der Waals surface area contributed by atoms with Crippen molar-refractivity contribution in [3.8, 4) is 5.75 Å². The summed E-state index contributed by atoms with van der Waals surface area (Å²) in [6, 6.07) is 5.66. The Kier molecular flexibility index (Phi) is 5.11. The van der Waals surface area contributed by atoms with Gasteiger partial charge in [-0.3, -0.25) is 4.79 Å². The smallest absolute Gasteiger partial charge is 0.307 e. The van der Waals surface area contributed by atoms with Gasteiger partial charge in [0.2, 0.25) is 0 Å². The van der Waals surface area contributed by atoms with Crippen LogP contribution in [0.4, 0.5) is 5.69 Å². The lowest BCUT2D eigenvalue weighted by Crippen LogP contribution is -2.09. The van der Waals surface area contributed by atoms with Crippen molar-refractivity contribution in [1.29, 1.82) is 0 Å². The molecule has 0 aliphatic heterocycles. The first-order chi connectivity index (χ1) is 7.67. The molecule has 5 heteroatoms. The minimum absolute atomic E-state index is 0.225. The minimum Gasteiger partial charge on any atom is -0.495 e. The fraction of sp³-hybridized carbons (Fsp3) is 0.364. The van der Waals surface area contributed by atoms with Crippen LogP contribution in [0.5, 0.6) is 5.75 Å². The molecule has 0 aromatic heterocycles. The highest BCUT2D eigenvalue weighted by atomic mass is 79.9. The van der Waals surface area contributed by atoms with E-state index in [1.807, 2.05) is 18.2 Å². The van der Waals surface area contributed by atoms with E-state index in [9.17, 15) is 4.79 Å². The van der Waals surface area contributed by atoms with Crippen LogP contribution in [0.1, 0.15) is 6.42 Å². The van der Waals surface area contributed by atoms with Crippen molar-refractivity contribution < 1.29 is 14.3 Å². The maximum Gasteiger partial charge on any atom is 0.307 e. The van der Waals surface area contributed by atoms with Gasteiger partial charge in [-0.05, 0) is 28.1 Å². The molecule has 0 fully saturated rings. The average molecular weight is 288 g/mol. The fourth-order valence-corrected chi connectivity index (χ4v) is 1.59. The van der Waals surface area contributed by atoms with Crippen LogP contribution in [0, 0.1) is 0 Å². The third kappa shape index (κ3) is 3.73. The van der Waals surface area contributed by atoms with E-state index >= 15 is 0 Å². The van der Waals surface area contributed by atoms with E-state index in [-0.39, 0.29) is 5.97 Å². The number of hydrogen-bond donors (Lipinski definition) is 1. The molecule has 1 rings (SSSR count). The quantitative estimate of drug-likeness (QED) is 0.845. The zero-order chi connectivity index (χ0) is 12.0. The molecule has 0 saturated carbocycles. The second-order valence-corrected chi connectivity index (χ2v) is 3.96. The number of carbonyl (C=O) groups excluding carboxylic acids is 1. The number of nitrogens with one attached hydrogen (secondary N) is 1. The van der Waals surface area contributed by atoms with Gasteiger partial charge < -0.3 is 14.8 Å². The molecule has 1 aromatic carbocycles. The summed E-state index contributed by atoms with van der Waals surface area (Å²) in [6.07, 6.45) is 0.342. The zero-order valence-electron chi connectivity index (χ0n) is 9.25. The Morgan fingerprint density at radius 2 is 2.19 bits per heavy atom. The predicted molar refractivity (Wildman–Crippen MR) is 65.8 cm³/mol. The molecule has 0 unspecified atom stereocenters. The van der Waals surface area contributed by atoms with Gasteiger partial charge in [-0.2, -0.15) is 0 Å². The first-order valence-electron chi connectivity index (χ1n) is 4.81. The predicted octanol–water partition coefficient (Wildman–Crippen LogP) is 2.43. The van der Waals surface area contributed by atoms with E-state index in [0.29, 0.717) is 13.0 Å². The Bertz CT molecular complexity index is 368. The number of ether oxygens (including phenoxy) is 2. The molecule has 0 saturated heterocycles. The highest BCUT2D eigenvalue weighted by Crippen LogP contribution is 2.27. The lowest BCUT2D eigenvalue weighted by molar-refractivity contribution is -0.140. The van der Waals surface area contributed by atoms with Gasteiger partial charge in [0.1, 0.15) is 5.75 Å². The largest absolute Gasteiger partial charge is 0.495 e. The molecule has 4 nitrogen and oxygen atoms in total. The normalized spacial score (nSPS) is 9.69. The third-order valence-corrected chi connectivity index (χ3v) is 2.69. The molecule has 1 aromatic rings. The molecule has 16 heavy (non-hydrogen) atoms. The highest BCUT2D eigenvalue weighted by Gasteiger charge is 2.02. The van der Waals surface area contributed by atoms with Crippen molar-refractivity contribution in [3.63, 3.8) is 0 Å². The topological polar surface area (TPSA) is 47.6 Å². The number of rotatable bonds is 5. The lowest BCUT2D eigenvalue weighted by Gasteiger charge is -2.08. The first kappa shape index (κ1) is 12.8. The van der Waals surface area contributed by atoms with Gasteiger partial charge in [0.15, 0.2) is 0 Å². The van der Waals surface area contributed by atoms with Gasteiger partial charge in [0, 0.05) is 18.3 Å². The van der Waals surface area contributed by atoms with Crippen LogP contribution in [0.25, 0.3) is 0 Å². The van der Waals surface area contributed by atoms with Crippen molar-refractivity contribution in [2.75, 3.05) is 26.1 Å². The van der Waals surface area contributed by atoms with Crippen LogP contribution in [0.2, 0.25) is 0 Å². The van der Waals surface area contributed by atoms with Gasteiger partial charge in [-0.15, -0.1) is 0 Å². The molecular formula is C11H14BrNO3. The zero-order valence-corrected chi connectivity index (χ0v) is 10.8. The van der Waals surface area contributed by atoms with E-state index in [2.05, 4.69) is 26.0 Å². The lowest BCUT2D eigenvalue weighted by atomic mass is 10.3. The molecule has 0 radical (unpaired) electrons. The number of esters is 1. The number of benzene rings is 1. The molecule has 1 N–H and O–H groups in total. The number of anilines is 1. The molecule has 0 atom stereocenters. The maximum atomic E-state index is 10.9. The van der Waals surface area contributed by atoms with Gasteiger partial charge in [0.05, 0.1) is 25.1 Å². The third-order valence-electron chi connectivity index (χ3n) is 2.04. The van der Waals surface area contributed by atoms with Crippen LogP contribution >= 0.6 is 15.9 Å². The second-order valence-electron chi connectivity index (χ2n) is 3.10. The van der Waals surface area contributed by atoms with E-state index in [1.54, 1.807) is 7.11 Å². The van der Waals surface area contributed by atoms with Crippen LogP contribution in [0.15, 0.2) is 22.7 Å². The molecule has 0 aliphatic rings. The number of carbonyl (C=O) groups is 1. The summed E-state index contributed by atoms with van der Waals surface area (Å²) in [6.45, 7) is 0.539. The maximum absolute atomic E-state index is 10.9. The molecular weight excluding hydrogens is 274 g/mol. The Morgan fingerprint density at radius 1 is 1.44 bits per heavy atom. The number of methoxy groups -OCH3 is 2. The summed E-state index contributed by atoms with van der Waals surface area (Å²) in [7, 11) is 2.99. The standard InChI is InChI=1S/C11H14BrNO3/c1-15-10-7-8(3-4-9(10)12)13-6-5-11(14)16-2/h3-4,7,13H,5-6H2,1-2H3.